The Morgan fingerprint density at radius 2 is 2.04 bits per heavy atom. The van der Waals surface area contributed by atoms with E-state index in [1.54, 1.807) is 6.07 Å². The van der Waals surface area contributed by atoms with Crippen LogP contribution in [-0.4, -0.2) is 47.9 Å². The van der Waals surface area contributed by atoms with Gasteiger partial charge in [-0.2, -0.15) is 0 Å². The van der Waals surface area contributed by atoms with Gasteiger partial charge < -0.3 is 15.0 Å². The van der Waals surface area contributed by atoms with Gasteiger partial charge in [0, 0.05) is 31.2 Å². The molecule has 1 aliphatic heterocycles. The van der Waals surface area contributed by atoms with Crippen LogP contribution in [0.5, 0.6) is 5.75 Å². The van der Waals surface area contributed by atoms with E-state index in [4.69, 9.17) is 4.74 Å². The highest BCUT2D eigenvalue weighted by Gasteiger charge is 2.25. The van der Waals surface area contributed by atoms with Crippen LogP contribution in [0.4, 0.5) is 0 Å². The molecule has 0 radical (unpaired) electrons. The Balaban J connectivity index is 1.91. The molecule has 1 saturated heterocycles. The Kier molecular flexibility index (Phi) is 5.98. The smallest absolute Gasteiger partial charge is 0.253 e. The van der Waals surface area contributed by atoms with Gasteiger partial charge in [-0.1, -0.05) is 13.8 Å². The first-order chi connectivity index (χ1) is 10.9. The highest BCUT2D eigenvalue weighted by atomic mass is 79.9. The molecule has 0 aromatic carbocycles. The number of rotatable bonds is 4. The van der Waals surface area contributed by atoms with Gasteiger partial charge in [0.1, 0.15) is 4.60 Å². The predicted octanol–water partition coefficient (Wildman–Crippen LogP) is 2.23. The van der Waals surface area contributed by atoms with Gasteiger partial charge >= 0.3 is 0 Å². The first-order valence-electron chi connectivity index (χ1n) is 7.71. The summed E-state index contributed by atoms with van der Waals surface area (Å²) in [6.07, 6.45) is 3.05. The molecule has 1 aliphatic rings. The van der Waals surface area contributed by atoms with E-state index in [0.717, 1.165) is 12.8 Å². The topological polar surface area (TPSA) is 71.5 Å². The van der Waals surface area contributed by atoms with Gasteiger partial charge in [0.25, 0.3) is 5.91 Å². The summed E-state index contributed by atoms with van der Waals surface area (Å²) < 4.78 is 5.72. The van der Waals surface area contributed by atoms with Gasteiger partial charge in [0.15, 0.2) is 5.75 Å². The van der Waals surface area contributed by atoms with Crippen LogP contribution in [0, 0.1) is 5.92 Å². The fraction of sp³-hybridized carbons (Fsp3) is 0.562. The van der Waals surface area contributed by atoms with Crippen molar-refractivity contribution in [2.75, 3.05) is 20.2 Å². The number of carbonyl (C=O) groups is 2. The molecule has 0 bridgehead atoms. The number of aromatic nitrogens is 1. The molecule has 6 nitrogen and oxygen atoms in total. The second-order valence-electron chi connectivity index (χ2n) is 5.94. The molecule has 2 rings (SSSR count). The van der Waals surface area contributed by atoms with Crippen LogP contribution >= 0.6 is 15.9 Å². The third-order valence-electron chi connectivity index (χ3n) is 3.92. The lowest BCUT2D eigenvalue weighted by Crippen LogP contribution is -2.47. The standard InChI is InChI=1S/C16H22BrN3O3/c1-10(2)16(22)20-6-4-12(5-7-20)19-15(21)11-8-13(23-3)14(17)18-9-11/h8-10,12H,4-7H2,1-3H3,(H,19,21). The first-order valence-corrected chi connectivity index (χ1v) is 8.51. The Bertz CT molecular complexity index is 584. The van der Waals surface area contributed by atoms with Gasteiger partial charge in [-0.05, 0) is 34.8 Å². The molecule has 0 unspecified atom stereocenters. The van der Waals surface area contributed by atoms with Crippen molar-refractivity contribution in [1.29, 1.82) is 0 Å². The van der Waals surface area contributed by atoms with E-state index in [2.05, 4.69) is 26.2 Å². The average molecular weight is 384 g/mol. The van der Waals surface area contributed by atoms with E-state index in [0.29, 0.717) is 29.0 Å². The number of likely N-dealkylation sites (tertiary alicyclic amines) is 1. The van der Waals surface area contributed by atoms with Crippen LogP contribution in [0.3, 0.4) is 0 Å². The zero-order valence-corrected chi connectivity index (χ0v) is 15.2. The Labute approximate surface area is 144 Å². The molecular weight excluding hydrogens is 362 g/mol. The zero-order chi connectivity index (χ0) is 17.0. The van der Waals surface area contributed by atoms with Crippen molar-refractivity contribution >= 4 is 27.7 Å². The maximum atomic E-state index is 12.3. The normalized spacial score (nSPS) is 15.6. The van der Waals surface area contributed by atoms with Crippen molar-refractivity contribution < 1.29 is 14.3 Å². The van der Waals surface area contributed by atoms with Crippen LogP contribution in [-0.2, 0) is 4.79 Å². The molecule has 1 fully saturated rings. The Hall–Kier alpha value is -1.63. The number of nitrogens with one attached hydrogen (secondary N) is 1. The summed E-state index contributed by atoms with van der Waals surface area (Å²) in [6, 6.07) is 1.73. The summed E-state index contributed by atoms with van der Waals surface area (Å²) >= 11 is 3.26. The number of hydrogen-bond donors (Lipinski definition) is 1. The Morgan fingerprint density at radius 3 is 2.61 bits per heavy atom. The number of ether oxygens (including phenoxy) is 1. The molecule has 0 spiro atoms. The van der Waals surface area contributed by atoms with Crippen LogP contribution in [0.15, 0.2) is 16.9 Å². The van der Waals surface area contributed by atoms with E-state index in [1.165, 1.54) is 13.3 Å². The lowest BCUT2D eigenvalue weighted by Gasteiger charge is -2.33. The summed E-state index contributed by atoms with van der Waals surface area (Å²) in [4.78, 5) is 30.2. The number of nitrogens with zero attached hydrogens (tertiary/aromatic N) is 2. The van der Waals surface area contributed by atoms with Gasteiger partial charge in [0.2, 0.25) is 5.91 Å². The van der Waals surface area contributed by atoms with Crippen molar-refractivity contribution in [3.8, 4) is 5.75 Å². The number of carbonyl (C=O) groups excluding carboxylic acids is 2. The number of methoxy groups -OCH3 is 1. The predicted molar refractivity (Wildman–Crippen MR) is 90.4 cm³/mol. The highest BCUT2D eigenvalue weighted by Crippen LogP contribution is 2.23. The summed E-state index contributed by atoms with van der Waals surface area (Å²) in [6.45, 7) is 5.18. The summed E-state index contributed by atoms with van der Waals surface area (Å²) in [5.41, 5.74) is 0.464. The Morgan fingerprint density at radius 1 is 1.39 bits per heavy atom. The molecule has 126 valence electrons. The minimum Gasteiger partial charge on any atom is -0.494 e. The van der Waals surface area contributed by atoms with Crippen molar-refractivity contribution in [1.82, 2.24) is 15.2 Å². The van der Waals surface area contributed by atoms with Crippen molar-refractivity contribution in [3.63, 3.8) is 0 Å². The molecule has 7 heteroatoms. The van der Waals surface area contributed by atoms with Gasteiger partial charge in [-0.25, -0.2) is 4.98 Å². The molecule has 2 heterocycles. The quantitative estimate of drug-likeness (QED) is 0.809. The van der Waals surface area contributed by atoms with E-state index in [-0.39, 0.29) is 23.8 Å². The van der Waals surface area contributed by atoms with Gasteiger partial charge in [-0.15, -0.1) is 0 Å². The lowest BCUT2D eigenvalue weighted by atomic mass is 10.0. The first kappa shape index (κ1) is 17.7. The summed E-state index contributed by atoms with van der Waals surface area (Å²) in [5, 5.41) is 3.01. The second kappa shape index (κ2) is 7.77. The molecule has 1 aromatic heterocycles. The molecule has 23 heavy (non-hydrogen) atoms. The molecule has 0 atom stereocenters. The zero-order valence-electron chi connectivity index (χ0n) is 13.6. The third-order valence-corrected chi connectivity index (χ3v) is 4.52. The van der Waals surface area contributed by atoms with E-state index in [9.17, 15) is 9.59 Å². The molecule has 0 saturated carbocycles. The van der Waals surface area contributed by atoms with Crippen LogP contribution in [0.25, 0.3) is 0 Å². The maximum absolute atomic E-state index is 12.3. The SMILES string of the molecule is COc1cc(C(=O)NC2CCN(C(=O)C(C)C)CC2)cnc1Br. The van der Waals surface area contributed by atoms with Crippen LogP contribution in [0.2, 0.25) is 0 Å². The maximum Gasteiger partial charge on any atom is 0.253 e. The minimum atomic E-state index is -0.170. The van der Waals surface area contributed by atoms with E-state index >= 15 is 0 Å². The van der Waals surface area contributed by atoms with E-state index in [1.807, 2.05) is 18.7 Å². The monoisotopic (exact) mass is 383 g/mol. The lowest BCUT2D eigenvalue weighted by molar-refractivity contribution is -0.135. The van der Waals surface area contributed by atoms with Gasteiger partial charge in [0.05, 0.1) is 12.7 Å². The largest absolute Gasteiger partial charge is 0.494 e. The van der Waals surface area contributed by atoms with Crippen LogP contribution < -0.4 is 10.1 Å². The fourth-order valence-corrected chi connectivity index (χ4v) is 2.95. The third kappa shape index (κ3) is 4.43. The molecule has 1 aromatic rings. The second-order valence-corrected chi connectivity index (χ2v) is 6.70. The number of pyridine rings is 1. The van der Waals surface area contributed by atoms with Gasteiger partial charge in [-0.3, -0.25) is 9.59 Å². The summed E-state index contributed by atoms with van der Waals surface area (Å²) in [7, 11) is 1.53. The van der Waals surface area contributed by atoms with Crippen LogP contribution in [0.1, 0.15) is 37.0 Å². The highest BCUT2D eigenvalue weighted by molar-refractivity contribution is 9.10. The summed E-state index contributed by atoms with van der Waals surface area (Å²) in [5.74, 6) is 0.547. The number of piperidine rings is 1. The molecule has 0 aliphatic carbocycles. The number of hydrogen-bond acceptors (Lipinski definition) is 4. The van der Waals surface area contributed by atoms with Crippen molar-refractivity contribution in [2.45, 2.75) is 32.7 Å². The van der Waals surface area contributed by atoms with Crippen molar-refractivity contribution in [3.05, 3.63) is 22.4 Å². The minimum absolute atomic E-state index is 0.0162. The van der Waals surface area contributed by atoms with Crippen molar-refractivity contribution in [2.24, 2.45) is 5.92 Å². The molecule has 1 N–H and O–H groups in total. The molecular formula is C16H22BrN3O3. The fourth-order valence-electron chi connectivity index (χ4n) is 2.57. The average Bonchev–Trinajstić information content (AvgIpc) is 2.55. The number of amides is 2. The number of halogens is 1. The molecule has 2 amide bonds. The van der Waals surface area contributed by atoms with E-state index < -0.39 is 0 Å².